The van der Waals surface area contributed by atoms with Crippen LogP contribution in [0.15, 0.2) is 42.5 Å². The van der Waals surface area contributed by atoms with Crippen molar-refractivity contribution in [3.63, 3.8) is 0 Å². The normalized spacial score (nSPS) is 18.1. The van der Waals surface area contributed by atoms with Crippen molar-refractivity contribution in [3.8, 4) is 17.2 Å². The standard InChI is InChI=1S/C27H36O4/c1-27(2,3)26(29)19-31-22-14-15-24-23(20-11-10-12-21(28)17-20)13-8-6-4-5-7-9-16-30-25(24)18-22/h10-12,14-15,17-18,23,28H,4-9,13,16,19H2,1-3H3. The minimum Gasteiger partial charge on any atom is -0.508 e. The number of ether oxygens (including phenoxy) is 2. The molecular formula is C27H36O4. The highest BCUT2D eigenvalue weighted by Crippen LogP contribution is 2.39. The molecule has 2 aromatic rings. The minimum absolute atomic E-state index is 0.0538. The summed E-state index contributed by atoms with van der Waals surface area (Å²) in [5.74, 6) is 1.96. The number of carbonyl (C=O) groups excluding carboxylic acids is 1. The van der Waals surface area contributed by atoms with E-state index >= 15 is 0 Å². The third-order valence-corrected chi connectivity index (χ3v) is 5.98. The molecule has 168 valence electrons. The van der Waals surface area contributed by atoms with Gasteiger partial charge in [-0.3, -0.25) is 4.79 Å². The first kappa shape index (κ1) is 23.2. The van der Waals surface area contributed by atoms with Gasteiger partial charge in [-0.25, -0.2) is 0 Å². The molecule has 4 nitrogen and oxygen atoms in total. The van der Waals surface area contributed by atoms with Crippen molar-refractivity contribution in [2.24, 2.45) is 5.41 Å². The van der Waals surface area contributed by atoms with E-state index in [9.17, 15) is 9.90 Å². The maximum absolute atomic E-state index is 12.3. The molecule has 3 rings (SSSR count). The van der Waals surface area contributed by atoms with Gasteiger partial charge in [0.15, 0.2) is 5.78 Å². The zero-order valence-electron chi connectivity index (χ0n) is 19.2. The SMILES string of the molecule is CC(C)(C)C(=O)COc1ccc2c(c1)OCCCCCCCCC2c1cccc(O)c1. The molecular weight excluding hydrogens is 388 g/mol. The second kappa shape index (κ2) is 10.7. The van der Waals surface area contributed by atoms with Crippen LogP contribution in [0.2, 0.25) is 0 Å². The molecule has 1 atom stereocenters. The zero-order valence-corrected chi connectivity index (χ0v) is 19.2. The van der Waals surface area contributed by atoms with Crippen LogP contribution in [0.1, 0.15) is 82.8 Å². The predicted octanol–water partition coefficient (Wildman–Crippen LogP) is 6.64. The summed E-state index contributed by atoms with van der Waals surface area (Å²) >= 11 is 0. The summed E-state index contributed by atoms with van der Waals surface area (Å²) in [5, 5.41) is 10.0. The quantitative estimate of drug-likeness (QED) is 0.597. The lowest BCUT2D eigenvalue weighted by Crippen LogP contribution is -2.26. The van der Waals surface area contributed by atoms with E-state index in [1.165, 1.54) is 25.7 Å². The number of ketones is 1. The van der Waals surface area contributed by atoms with Gasteiger partial charge in [0.25, 0.3) is 0 Å². The van der Waals surface area contributed by atoms with Crippen LogP contribution in [0.5, 0.6) is 17.2 Å². The number of carbonyl (C=O) groups is 1. The van der Waals surface area contributed by atoms with Crippen LogP contribution in [-0.4, -0.2) is 24.1 Å². The van der Waals surface area contributed by atoms with Gasteiger partial charge in [0, 0.05) is 23.0 Å². The highest BCUT2D eigenvalue weighted by atomic mass is 16.5. The molecule has 0 saturated carbocycles. The van der Waals surface area contributed by atoms with Gasteiger partial charge >= 0.3 is 0 Å². The smallest absolute Gasteiger partial charge is 0.175 e. The van der Waals surface area contributed by atoms with Gasteiger partial charge in [0.05, 0.1) is 6.61 Å². The van der Waals surface area contributed by atoms with Gasteiger partial charge in [-0.05, 0) is 36.6 Å². The predicted molar refractivity (Wildman–Crippen MR) is 124 cm³/mol. The van der Waals surface area contributed by atoms with E-state index in [0.29, 0.717) is 12.4 Å². The van der Waals surface area contributed by atoms with Gasteiger partial charge in [0.2, 0.25) is 0 Å². The first-order valence-electron chi connectivity index (χ1n) is 11.6. The van der Waals surface area contributed by atoms with Crippen LogP contribution in [-0.2, 0) is 4.79 Å². The van der Waals surface area contributed by atoms with Gasteiger partial charge in [-0.15, -0.1) is 0 Å². The molecule has 31 heavy (non-hydrogen) atoms. The third-order valence-electron chi connectivity index (χ3n) is 5.98. The summed E-state index contributed by atoms with van der Waals surface area (Å²) in [6.07, 6.45) is 8.08. The molecule has 4 heteroatoms. The molecule has 0 spiro atoms. The van der Waals surface area contributed by atoms with Crippen molar-refractivity contribution < 1.29 is 19.4 Å². The average molecular weight is 425 g/mol. The fraction of sp³-hybridized carbons (Fsp3) is 0.519. The van der Waals surface area contributed by atoms with E-state index in [-0.39, 0.29) is 24.1 Å². The van der Waals surface area contributed by atoms with Gasteiger partial charge in [-0.1, -0.05) is 71.1 Å². The van der Waals surface area contributed by atoms with Crippen molar-refractivity contribution in [2.75, 3.05) is 13.2 Å². The lowest BCUT2D eigenvalue weighted by molar-refractivity contribution is -0.128. The number of hydrogen-bond acceptors (Lipinski definition) is 4. The number of fused-ring (bicyclic) bond motifs is 1. The molecule has 0 aliphatic carbocycles. The Labute approximate surface area is 186 Å². The number of benzene rings is 2. The van der Waals surface area contributed by atoms with Crippen molar-refractivity contribution in [2.45, 2.75) is 71.6 Å². The molecule has 0 saturated heterocycles. The summed E-state index contributed by atoms with van der Waals surface area (Å²) in [6.45, 7) is 6.43. The molecule has 1 N–H and O–H groups in total. The van der Waals surface area contributed by atoms with Crippen LogP contribution in [0.25, 0.3) is 0 Å². The number of phenols is 1. The fourth-order valence-corrected chi connectivity index (χ4v) is 3.97. The van der Waals surface area contributed by atoms with E-state index in [2.05, 4.69) is 12.1 Å². The van der Waals surface area contributed by atoms with Crippen molar-refractivity contribution in [1.82, 2.24) is 0 Å². The average Bonchev–Trinajstić information content (AvgIpc) is 2.72. The Hall–Kier alpha value is -2.49. The third kappa shape index (κ3) is 6.75. The van der Waals surface area contributed by atoms with Gasteiger partial charge in [0.1, 0.15) is 23.9 Å². The first-order chi connectivity index (χ1) is 14.8. The number of rotatable bonds is 4. The van der Waals surface area contributed by atoms with Crippen molar-refractivity contribution in [3.05, 3.63) is 53.6 Å². The Morgan fingerprint density at radius 1 is 1.03 bits per heavy atom. The number of aromatic hydroxyl groups is 1. The van der Waals surface area contributed by atoms with Crippen LogP contribution in [0.3, 0.4) is 0 Å². The Bertz CT molecular complexity index is 866. The Kier molecular flexibility index (Phi) is 8.00. The second-order valence-corrected chi connectivity index (χ2v) is 9.57. The summed E-state index contributed by atoms with van der Waals surface area (Å²) in [7, 11) is 0. The summed E-state index contributed by atoms with van der Waals surface area (Å²) in [5.41, 5.74) is 1.78. The molecule has 0 radical (unpaired) electrons. The van der Waals surface area contributed by atoms with E-state index in [1.807, 2.05) is 45.0 Å². The Morgan fingerprint density at radius 2 is 1.77 bits per heavy atom. The molecule has 0 bridgehead atoms. The highest BCUT2D eigenvalue weighted by Gasteiger charge is 2.23. The first-order valence-corrected chi connectivity index (χ1v) is 11.6. The van der Waals surface area contributed by atoms with E-state index in [1.54, 1.807) is 6.07 Å². The van der Waals surface area contributed by atoms with Crippen LogP contribution >= 0.6 is 0 Å². The number of phenolic OH excluding ortho intramolecular Hbond substituents is 1. The van der Waals surface area contributed by atoms with Crippen LogP contribution in [0.4, 0.5) is 0 Å². The molecule has 1 aliphatic rings. The van der Waals surface area contributed by atoms with E-state index < -0.39 is 5.41 Å². The molecule has 1 heterocycles. The maximum atomic E-state index is 12.3. The monoisotopic (exact) mass is 424 g/mol. The topological polar surface area (TPSA) is 55.8 Å². The fourth-order valence-electron chi connectivity index (χ4n) is 3.97. The number of hydrogen-bond donors (Lipinski definition) is 1. The van der Waals surface area contributed by atoms with Crippen LogP contribution < -0.4 is 9.47 Å². The largest absolute Gasteiger partial charge is 0.508 e. The Morgan fingerprint density at radius 3 is 2.52 bits per heavy atom. The molecule has 0 aromatic heterocycles. The molecule has 1 aliphatic heterocycles. The second-order valence-electron chi connectivity index (χ2n) is 9.57. The molecule has 2 aromatic carbocycles. The van der Waals surface area contributed by atoms with Crippen molar-refractivity contribution >= 4 is 5.78 Å². The number of Topliss-reactive ketones (excluding diaryl/α,β-unsaturated/α-hetero) is 1. The maximum Gasteiger partial charge on any atom is 0.175 e. The lowest BCUT2D eigenvalue weighted by atomic mass is 9.85. The highest BCUT2D eigenvalue weighted by molar-refractivity contribution is 5.85. The van der Waals surface area contributed by atoms with Crippen LogP contribution in [0, 0.1) is 5.41 Å². The molecule has 0 amide bonds. The van der Waals surface area contributed by atoms with E-state index in [4.69, 9.17) is 9.47 Å². The van der Waals surface area contributed by atoms with E-state index in [0.717, 1.165) is 36.1 Å². The minimum atomic E-state index is -0.423. The summed E-state index contributed by atoms with van der Waals surface area (Å²) in [6, 6.07) is 13.5. The molecule has 1 unspecified atom stereocenters. The Balaban J connectivity index is 1.90. The lowest BCUT2D eigenvalue weighted by Gasteiger charge is -2.23. The van der Waals surface area contributed by atoms with Gasteiger partial charge in [-0.2, -0.15) is 0 Å². The zero-order chi connectivity index (χ0) is 22.3. The van der Waals surface area contributed by atoms with Gasteiger partial charge < -0.3 is 14.6 Å². The summed E-state index contributed by atoms with van der Waals surface area (Å²) in [4.78, 5) is 12.3. The van der Waals surface area contributed by atoms with Crippen molar-refractivity contribution in [1.29, 1.82) is 0 Å². The molecule has 0 fully saturated rings. The summed E-state index contributed by atoms with van der Waals surface area (Å²) < 4.78 is 12.1.